The van der Waals surface area contributed by atoms with Crippen molar-refractivity contribution in [2.75, 3.05) is 0 Å². The number of azide groups is 1. The molecule has 1 aromatic rings. The first-order valence-electron chi connectivity index (χ1n) is 3.33. The Morgan fingerprint density at radius 3 is 3.08 bits per heavy atom. The van der Waals surface area contributed by atoms with E-state index in [4.69, 9.17) is 22.4 Å². The molecular weight excluding hydrogens is 190 g/mol. The van der Waals surface area contributed by atoms with Gasteiger partial charge in [-0.25, -0.2) is 0 Å². The monoisotopic (exact) mass is 193 g/mol. The Hall–Kier alpha value is -1.76. The number of hydrogen-bond donors (Lipinski definition) is 0. The summed E-state index contributed by atoms with van der Waals surface area (Å²) in [6.07, 6.45) is 1.38. The molecule has 64 valence electrons. The normalized spacial score (nSPS) is 8.62. The van der Waals surface area contributed by atoms with E-state index >= 15 is 0 Å². The van der Waals surface area contributed by atoms with E-state index in [1.165, 1.54) is 12.3 Å². The van der Waals surface area contributed by atoms with Crippen molar-refractivity contribution in [3.63, 3.8) is 0 Å². The summed E-state index contributed by atoms with van der Waals surface area (Å²) >= 11 is 5.75. The summed E-state index contributed by atoms with van der Waals surface area (Å²) in [5.41, 5.74) is 8.91. The molecule has 0 amide bonds. The Bertz CT molecular complexity index is 402. The van der Waals surface area contributed by atoms with Crippen molar-refractivity contribution < 1.29 is 0 Å². The minimum Gasteiger partial charge on any atom is -0.258 e. The lowest BCUT2D eigenvalue weighted by Gasteiger charge is -1.97. The summed E-state index contributed by atoms with van der Waals surface area (Å²) in [6, 6.07) is 3.38. The number of nitriles is 1. The molecule has 1 heterocycles. The molecule has 0 fully saturated rings. The lowest BCUT2D eigenvalue weighted by molar-refractivity contribution is 0.974. The molecule has 0 aliphatic heterocycles. The Morgan fingerprint density at radius 2 is 2.54 bits per heavy atom. The molecule has 0 N–H and O–H groups in total. The van der Waals surface area contributed by atoms with Crippen molar-refractivity contribution in [2.45, 2.75) is 6.54 Å². The Balaban J connectivity index is 2.99. The van der Waals surface area contributed by atoms with Crippen molar-refractivity contribution in [1.82, 2.24) is 4.98 Å². The van der Waals surface area contributed by atoms with Crippen LogP contribution < -0.4 is 0 Å². The summed E-state index contributed by atoms with van der Waals surface area (Å²) in [4.78, 5) is 6.44. The molecule has 1 rings (SSSR count). The fraction of sp³-hybridized carbons (Fsp3) is 0.143. The molecule has 0 unspecified atom stereocenters. The number of pyridine rings is 1. The zero-order chi connectivity index (χ0) is 9.68. The van der Waals surface area contributed by atoms with E-state index in [0.29, 0.717) is 16.3 Å². The van der Waals surface area contributed by atoms with Gasteiger partial charge in [0.2, 0.25) is 0 Å². The number of halogens is 1. The molecule has 0 saturated heterocycles. The second-order valence-electron chi connectivity index (χ2n) is 2.15. The van der Waals surface area contributed by atoms with E-state index in [-0.39, 0.29) is 6.54 Å². The standard InChI is InChI=1S/C7H4ClN5/c8-6-1-5(2-9)3-11-7(6)4-12-13-10/h1,3H,4H2. The van der Waals surface area contributed by atoms with E-state index in [0.717, 1.165) is 0 Å². The minimum atomic E-state index is 0.0983. The van der Waals surface area contributed by atoms with Crippen LogP contribution in [-0.2, 0) is 6.54 Å². The van der Waals surface area contributed by atoms with Crippen molar-refractivity contribution in [2.24, 2.45) is 5.11 Å². The lowest BCUT2D eigenvalue weighted by atomic mass is 10.2. The van der Waals surface area contributed by atoms with Gasteiger partial charge in [-0.2, -0.15) is 5.26 Å². The Labute approximate surface area is 79.2 Å². The smallest absolute Gasteiger partial charge is 0.101 e. The van der Waals surface area contributed by atoms with Crippen LogP contribution in [0.25, 0.3) is 10.4 Å². The van der Waals surface area contributed by atoms with Crippen molar-refractivity contribution in [3.05, 3.63) is 39.0 Å². The van der Waals surface area contributed by atoms with E-state index in [1.54, 1.807) is 0 Å². The van der Waals surface area contributed by atoms with Crippen LogP contribution in [0.4, 0.5) is 0 Å². The molecule has 0 aliphatic rings. The quantitative estimate of drug-likeness (QED) is 0.410. The second kappa shape index (κ2) is 4.31. The predicted molar refractivity (Wildman–Crippen MR) is 46.8 cm³/mol. The molecule has 5 nitrogen and oxygen atoms in total. The number of rotatable bonds is 2. The summed E-state index contributed by atoms with van der Waals surface area (Å²) in [5.74, 6) is 0. The van der Waals surface area contributed by atoms with E-state index in [2.05, 4.69) is 15.0 Å². The van der Waals surface area contributed by atoms with Crippen molar-refractivity contribution in [1.29, 1.82) is 5.26 Å². The summed E-state index contributed by atoms with van der Waals surface area (Å²) in [6.45, 7) is 0.0983. The summed E-state index contributed by atoms with van der Waals surface area (Å²) in [5, 5.41) is 12.1. The average Bonchev–Trinajstić information content (AvgIpc) is 2.16. The van der Waals surface area contributed by atoms with Crippen LogP contribution in [0.15, 0.2) is 17.4 Å². The number of aromatic nitrogens is 1. The van der Waals surface area contributed by atoms with E-state index in [9.17, 15) is 0 Å². The highest BCUT2D eigenvalue weighted by Gasteiger charge is 2.01. The third-order valence-electron chi connectivity index (χ3n) is 1.33. The SMILES string of the molecule is N#Cc1cnc(CN=[N+]=[N-])c(Cl)c1. The molecule has 0 saturated carbocycles. The van der Waals surface area contributed by atoms with Gasteiger partial charge in [0.25, 0.3) is 0 Å². The fourth-order valence-electron chi connectivity index (χ4n) is 0.742. The maximum atomic E-state index is 8.50. The zero-order valence-electron chi connectivity index (χ0n) is 6.48. The van der Waals surface area contributed by atoms with Crippen LogP contribution in [-0.4, -0.2) is 4.98 Å². The van der Waals surface area contributed by atoms with Gasteiger partial charge in [0, 0.05) is 11.1 Å². The van der Waals surface area contributed by atoms with Crippen LogP contribution in [0.3, 0.4) is 0 Å². The molecule has 0 aromatic carbocycles. The van der Waals surface area contributed by atoms with Gasteiger partial charge in [-0.05, 0) is 11.6 Å². The average molecular weight is 194 g/mol. The Morgan fingerprint density at radius 1 is 1.77 bits per heavy atom. The second-order valence-corrected chi connectivity index (χ2v) is 2.56. The maximum absolute atomic E-state index is 8.50. The predicted octanol–water partition coefficient (Wildman–Crippen LogP) is 2.42. The van der Waals surface area contributed by atoms with Gasteiger partial charge in [0.05, 0.1) is 22.8 Å². The summed E-state index contributed by atoms with van der Waals surface area (Å²) in [7, 11) is 0. The van der Waals surface area contributed by atoms with Crippen LogP contribution >= 0.6 is 11.6 Å². The van der Waals surface area contributed by atoms with Crippen LogP contribution in [0.5, 0.6) is 0 Å². The third-order valence-corrected chi connectivity index (χ3v) is 1.66. The molecule has 0 spiro atoms. The molecule has 0 radical (unpaired) electrons. The lowest BCUT2D eigenvalue weighted by Crippen LogP contribution is -1.89. The van der Waals surface area contributed by atoms with Crippen LogP contribution in [0.2, 0.25) is 5.02 Å². The molecule has 13 heavy (non-hydrogen) atoms. The Kier molecular flexibility index (Phi) is 3.09. The highest BCUT2D eigenvalue weighted by atomic mass is 35.5. The van der Waals surface area contributed by atoms with E-state index < -0.39 is 0 Å². The molecule has 0 aliphatic carbocycles. The van der Waals surface area contributed by atoms with Crippen molar-refractivity contribution in [3.8, 4) is 6.07 Å². The van der Waals surface area contributed by atoms with Gasteiger partial charge in [0.15, 0.2) is 0 Å². The van der Waals surface area contributed by atoms with Crippen LogP contribution in [0.1, 0.15) is 11.3 Å². The van der Waals surface area contributed by atoms with Gasteiger partial charge in [0.1, 0.15) is 6.07 Å². The molecular formula is C7H4ClN5. The number of hydrogen-bond acceptors (Lipinski definition) is 3. The summed E-state index contributed by atoms with van der Waals surface area (Å²) < 4.78 is 0. The third kappa shape index (κ3) is 2.34. The van der Waals surface area contributed by atoms with Gasteiger partial charge in [-0.3, -0.25) is 4.98 Å². The van der Waals surface area contributed by atoms with Crippen molar-refractivity contribution >= 4 is 11.6 Å². The van der Waals surface area contributed by atoms with Gasteiger partial charge >= 0.3 is 0 Å². The highest BCUT2D eigenvalue weighted by Crippen LogP contribution is 2.15. The molecule has 0 bridgehead atoms. The molecule has 0 atom stereocenters. The van der Waals surface area contributed by atoms with Gasteiger partial charge in [-0.1, -0.05) is 16.7 Å². The van der Waals surface area contributed by atoms with Crippen LogP contribution in [0, 0.1) is 11.3 Å². The minimum absolute atomic E-state index is 0.0983. The fourth-order valence-corrected chi connectivity index (χ4v) is 0.968. The zero-order valence-corrected chi connectivity index (χ0v) is 7.23. The molecule has 6 heteroatoms. The highest BCUT2D eigenvalue weighted by molar-refractivity contribution is 6.31. The largest absolute Gasteiger partial charge is 0.258 e. The first-order valence-corrected chi connectivity index (χ1v) is 3.71. The number of nitrogens with zero attached hydrogens (tertiary/aromatic N) is 5. The van der Waals surface area contributed by atoms with Gasteiger partial charge in [-0.15, -0.1) is 0 Å². The maximum Gasteiger partial charge on any atom is 0.101 e. The first kappa shape index (κ1) is 9.33. The molecule has 1 aromatic heterocycles. The first-order chi connectivity index (χ1) is 6.27. The van der Waals surface area contributed by atoms with Gasteiger partial charge < -0.3 is 0 Å². The van der Waals surface area contributed by atoms with E-state index in [1.807, 2.05) is 6.07 Å². The topological polar surface area (TPSA) is 85.4 Å².